The van der Waals surface area contributed by atoms with Crippen LogP contribution in [0.4, 0.5) is 0 Å². The van der Waals surface area contributed by atoms with E-state index in [4.69, 9.17) is 20.4 Å². The Morgan fingerprint density at radius 1 is 1.24 bits per heavy atom. The fourth-order valence-corrected chi connectivity index (χ4v) is 1.35. The first-order chi connectivity index (χ1) is 6.54. The summed E-state index contributed by atoms with van der Waals surface area (Å²) in [5.74, 6) is -2.74. The molecule has 0 aliphatic heterocycles. The minimum absolute atomic E-state index is 0. The van der Waals surface area contributed by atoms with Gasteiger partial charge in [0, 0.05) is 0 Å². The van der Waals surface area contributed by atoms with Crippen molar-refractivity contribution in [3.8, 4) is 0 Å². The molecule has 92 valence electrons. The Morgan fingerprint density at radius 3 is 1.82 bits per heavy atom. The molecule has 0 saturated carbocycles. The van der Waals surface area contributed by atoms with Crippen molar-refractivity contribution >= 4 is 7.60 Å². The zero-order valence-corrected chi connectivity index (χ0v) is 14.7. The van der Waals surface area contributed by atoms with E-state index >= 15 is 0 Å². The molecule has 0 saturated heterocycles. The third kappa shape index (κ3) is 7.34. The maximum atomic E-state index is 10.3. The first-order valence-corrected chi connectivity index (χ1v) is 5.54. The summed E-state index contributed by atoms with van der Waals surface area (Å²) < 4.78 is 10.3. The summed E-state index contributed by atoms with van der Waals surface area (Å²) in [4.78, 5) is 20.6. The van der Waals surface area contributed by atoms with E-state index in [9.17, 15) is 19.5 Å². The molecule has 0 aliphatic carbocycles. The number of hydrogen-bond acceptors (Lipinski definition) is 8. The molecule has 0 aromatic rings. The summed E-state index contributed by atoms with van der Waals surface area (Å²) in [5, 5.41) is 44.8. The van der Waals surface area contributed by atoms with E-state index in [1.54, 1.807) is 0 Å². The van der Waals surface area contributed by atoms with Crippen LogP contribution in [-0.4, -0.2) is 55.8 Å². The predicted molar refractivity (Wildman–Crippen MR) is 43.3 cm³/mol. The molecule has 0 rings (SSSR count). The largest absolute Gasteiger partial charge is 1.00 e. The Bertz CT molecular complexity index is 256. The molecule has 0 aliphatic rings. The fraction of sp³-hybridized carbons (Fsp3) is 1.00. The summed E-state index contributed by atoms with van der Waals surface area (Å²) >= 11 is 0. The van der Waals surface area contributed by atoms with Crippen molar-refractivity contribution in [1.29, 1.82) is 0 Å². The van der Waals surface area contributed by atoms with Gasteiger partial charge in [0.05, 0.1) is 6.61 Å². The smallest absolute Gasteiger partial charge is 0.809 e. The van der Waals surface area contributed by atoms with Gasteiger partial charge in [-0.3, -0.25) is 0 Å². The minimum Gasteiger partial charge on any atom is -0.809 e. The maximum Gasteiger partial charge on any atom is 1.00 e. The molecule has 4 atom stereocenters. The number of rotatable bonds is 5. The van der Waals surface area contributed by atoms with Crippen LogP contribution in [0.5, 0.6) is 0 Å². The summed E-state index contributed by atoms with van der Waals surface area (Å²) in [6.45, 7) is -0.0892. The van der Waals surface area contributed by atoms with Gasteiger partial charge in [0.1, 0.15) is 23.7 Å². The second-order valence-electron chi connectivity index (χ2n) is 3.40. The van der Waals surface area contributed by atoms with E-state index in [1.165, 1.54) is 0 Å². The van der Waals surface area contributed by atoms with Gasteiger partial charge in [-0.2, -0.15) is 0 Å². The van der Waals surface area contributed by atoms with E-state index in [0.29, 0.717) is 0 Å². The number of aliphatic hydroxyl groups excluding tert-OH is 4. The molecule has 0 spiro atoms. The topological polar surface area (TPSA) is 164 Å². The standard InChI is InChI=1S/C6H15O8P.2Na/c1-6(11,2-7)4(9)3(8)5(10)15(12,13)14;;/h3-5,7-11H,2H2,1H3,(H2,12,13,14);;/q;2*+1/p-2. The second kappa shape index (κ2) is 8.99. The fourth-order valence-electron chi connectivity index (χ4n) is 0.812. The van der Waals surface area contributed by atoms with Gasteiger partial charge in [-0.25, -0.2) is 0 Å². The molecule has 0 aromatic heterocycles. The van der Waals surface area contributed by atoms with E-state index < -0.39 is 37.9 Å². The van der Waals surface area contributed by atoms with Gasteiger partial charge >= 0.3 is 59.1 Å². The molecule has 0 fully saturated rings. The summed E-state index contributed by atoms with van der Waals surface area (Å²) in [6.07, 6.45) is -4.57. The zero-order chi connectivity index (χ0) is 12.4. The molecule has 8 nitrogen and oxygen atoms in total. The molecule has 0 aromatic carbocycles. The zero-order valence-electron chi connectivity index (χ0n) is 9.85. The van der Waals surface area contributed by atoms with Crippen LogP contribution in [0.2, 0.25) is 0 Å². The van der Waals surface area contributed by atoms with E-state index in [1.807, 2.05) is 0 Å². The Balaban J connectivity index is -0.000000980. The van der Waals surface area contributed by atoms with Crippen LogP contribution in [0.15, 0.2) is 0 Å². The summed E-state index contributed by atoms with van der Waals surface area (Å²) in [7, 11) is -5.49. The van der Waals surface area contributed by atoms with Crippen molar-refractivity contribution in [3.63, 3.8) is 0 Å². The third-order valence-electron chi connectivity index (χ3n) is 1.91. The van der Waals surface area contributed by atoms with Crippen molar-refractivity contribution in [3.05, 3.63) is 0 Å². The Morgan fingerprint density at radius 2 is 1.59 bits per heavy atom. The second-order valence-corrected chi connectivity index (χ2v) is 5.01. The molecule has 11 heteroatoms. The monoisotopic (exact) mass is 290 g/mol. The first kappa shape index (κ1) is 24.0. The van der Waals surface area contributed by atoms with Gasteiger partial charge in [0.25, 0.3) is 0 Å². The average molecular weight is 290 g/mol. The average Bonchev–Trinajstić information content (AvgIpc) is 2.12. The van der Waals surface area contributed by atoms with E-state index in [-0.39, 0.29) is 59.1 Å². The number of hydrogen-bond donors (Lipinski definition) is 5. The van der Waals surface area contributed by atoms with Gasteiger partial charge in [0.2, 0.25) is 0 Å². The van der Waals surface area contributed by atoms with E-state index in [2.05, 4.69) is 0 Å². The van der Waals surface area contributed by atoms with Crippen molar-refractivity contribution in [2.45, 2.75) is 30.6 Å². The molecule has 0 amide bonds. The summed E-state index contributed by atoms with van der Waals surface area (Å²) in [5.41, 5.74) is -2.23. The van der Waals surface area contributed by atoms with Crippen LogP contribution < -0.4 is 68.9 Å². The van der Waals surface area contributed by atoms with Crippen molar-refractivity contribution < 1.29 is 99.0 Å². The van der Waals surface area contributed by atoms with Crippen LogP contribution in [0.1, 0.15) is 6.92 Å². The van der Waals surface area contributed by atoms with Crippen molar-refractivity contribution in [1.82, 2.24) is 0 Å². The predicted octanol–water partition coefficient (Wildman–Crippen LogP) is -10.3. The van der Waals surface area contributed by atoms with Crippen molar-refractivity contribution in [2.24, 2.45) is 0 Å². The van der Waals surface area contributed by atoms with Gasteiger partial charge in [-0.05, 0) is 14.5 Å². The molecule has 0 radical (unpaired) electrons. The minimum atomic E-state index is -5.49. The Kier molecular flexibility index (Phi) is 12.7. The molecule has 4 unspecified atom stereocenters. The van der Waals surface area contributed by atoms with Crippen molar-refractivity contribution in [2.75, 3.05) is 6.61 Å². The Hall–Kier alpha value is 1.95. The normalized spacial score (nSPS) is 20.2. The van der Waals surface area contributed by atoms with Crippen LogP contribution in [0, 0.1) is 0 Å². The van der Waals surface area contributed by atoms with Crippen LogP contribution in [-0.2, 0) is 4.57 Å². The van der Waals surface area contributed by atoms with Gasteiger partial charge < -0.3 is 39.9 Å². The van der Waals surface area contributed by atoms with Gasteiger partial charge in [-0.15, -0.1) is 0 Å². The number of aliphatic hydroxyl groups is 5. The molecule has 0 bridgehead atoms. The molecular formula is C6H13Na2O8P. The maximum absolute atomic E-state index is 10.3. The van der Waals surface area contributed by atoms with E-state index in [0.717, 1.165) is 6.92 Å². The van der Waals surface area contributed by atoms with Gasteiger partial charge in [-0.1, -0.05) is 0 Å². The molecular weight excluding hydrogens is 277 g/mol. The molecule has 5 N–H and O–H groups in total. The Labute approximate surface area is 142 Å². The summed E-state index contributed by atoms with van der Waals surface area (Å²) in [6, 6.07) is 0. The quantitative estimate of drug-likeness (QED) is 0.246. The van der Waals surface area contributed by atoms with Crippen LogP contribution in [0.3, 0.4) is 0 Å². The third-order valence-corrected chi connectivity index (χ3v) is 2.86. The first-order valence-electron chi connectivity index (χ1n) is 3.93. The molecule has 17 heavy (non-hydrogen) atoms. The SMILES string of the molecule is CC(O)(CO)C(O)C(O)C(O)P(=O)([O-])[O-].[Na+].[Na+]. The van der Waals surface area contributed by atoms with Crippen LogP contribution in [0.25, 0.3) is 0 Å². The molecule has 0 heterocycles. The van der Waals surface area contributed by atoms with Gasteiger partial charge in [0.15, 0.2) is 0 Å². The van der Waals surface area contributed by atoms with Crippen LogP contribution >= 0.6 is 7.60 Å².